The molecule has 2 aliphatic heterocycles. The Hall–Kier alpha value is -3.46. The second kappa shape index (κ2) is 6.81. The minimum Gasteiger partial charge on any atom is -0.347 e. The van der Waals surface area contributed by atoms with Crippen LogP contribution in [0.25, 0.3) is 11.3 Å². The summed E-state index contributed by atoms with van der Waals surface area (Å²) in [6.07, 6.45) is 3.61. The molecule has 9 heteroatoms. The standard InChI is InChI=1S/C21H19N5O3S/c1-30(28,29)15-7-5-14(6-8-15)16-9-10-17-20(23-16)26(19-11-13-25(17)19)21(27)24-18-4-2-3-12-22-18/h2-10,12,19H,11,13H2,1H3,(H,22,24,27)/t19-/m0/s1. The lowest BCUT2D eigenvalue weighted by Crippen LogP contribution is -2.56. The highest BCUT2D eigenvalue weighted by Gasteiger charge is 2.46. The van der Waals surface area contributed by atoms with Gasteiger partial charge in [-0.2, -0.15) is 0 Å². The van der Waals surface area contributed by atoms with Gasteiger partial charge in [-0.05, 0) is 36.4 Å². The molecule has 0 spiro atoms. The van der Waals surface area contributed by atoms with Gasteiger partial charge in [0.2, 0.25) is 0 Å². The van der Waals surface area contributed by atoms with Crippen LogP contribution in [-0.4, -0.2) is 43.4 Å². The topological polar surface area (TPSA) is 95.5 Å². The van der Waals surface area contributed by atoms with E-state index >= 15 is 0 Å². The summed E-state index contributed by atoms with van der Waals surface area (Å²) in [4.78, 5) is 26.0. The van der Waals surface area contributed by atoms with Crippen molar-refractivity contribution in [3.05, 3.63) is 60.8 Å². The zero-order valence-corrected chi connectivity index (χ0v) is 17.0. The van der Waals surface area contributed by atoms with Crippen LogP contribution in [0.3, 0.4) is 0 Å². The van der Waals surface area contributed by atoms with Gasteiger partial charge in [0.15, 0.2) is 15.7 Å². The molecule has 5 rings (SSSR count). The van der Waals surface area contributed by atoms with Gasteiger partial charge in [0, 0.05) is 31.0 Å². The van der Waals surface area contributed by atoms with E-state index in [9.17, 15) is 13.2 Å². The molecule has 2 aromatic heterocycles. The van der Waals surface area contributed by atoms with E-state index in [0.717, 1.165) is 24.2 Å². The van der Waals surface area contributed by atoms with Crippen molar-refractivity contribution in [1.82, 2.24) is 9.97 Å². The van der Waals surface area contributed by atoms with Gasteiger partial charge in [0.25, 0.3) is 0 Å². The Labute approximate surface area is 174 Å². The predicted octanol–water partition coefficient (Wildman–Crippen LogP) is 3.14. The molecule has 1 aromatic carbocycles. The van der Waals surface area contributed by atoms with E-state index < -0.39 is 9.84 Å². The Morgan fingerprint density at radius 2 is 1.90 bits per heavy atom. The lowest BCUT2D eigenvalue weighted by molar-refractivity contribution is 0.252. The van der Waals surface area contributed by atoms with Crippen molar-refractivity contribution in [3.63, 3.8) is 0 Å². The summed E-state index contributed by atoms with van der Waals surface area (Å²) in [5, 5.41) is 2.84. The van der Waals surface area contributed by atoms with Crippen LogP contribution < -0.4 is 15.1 Å². The number of hydrogen-bond donors (Lipinski definition) is 1. The number of fused-ring (bicyclic) bond motifs is 3. The Balaban J connectivity index is 1.48. The lowest BCUT2D eigenvalue weighted by Gasteiger charge is -2.39. The van der Waals surface area contributed by atoms with Gasteiger partial charge in [-0.1, -0.05) is 18.2 Å². The second-order valence-corrected chi connectivity index (χ2v) is 9.33. The molecule has 2 aliphatic rings. The number of amides is 2. The molecule has 8 nitrogen and oxygen atoms in total. The van der Waals surface area contributed by atoms with Crippen LogP contribution in [0.1, 0.15) is 6.42 Å². The van der Waals surface area contributed by atoms with E-state index in [4.69, 9.17) is 4.98 Å². The highest BCUT2D eigenvalue weighted by molar-refractivity contribution is 7.90. The summed E-state index contributed by atoms with van der Waals surface area (Å²) < 4.78 is 23.4. The lowest BCUT2D eigenvalue weighted by atomic mass is 10.1. The monoisotopic (exact) mass is 421 g/mol. The molecule has 0 bridgehead atoms. The minimum atomic E-state index is -3.26. The zero-order chi connectivity index (χ0) is 20.9. The number of carbonyl (C=O) groups excluding carboxylic acids is 1. The molecule has 1 fully saturated rings. The fourth-order valence-corrected chi connectivity index (χ4v) is 4.41. The molecule has 1 saturated heterocycles. The number of nitrogens with one attached hydrogen (secondary N) is 1. The molecule has 2 amide bonds. The van der Waals surface area contributed by atoms with E-state index in [2.05, 4.69) is 15.2 Å². The number of carbonyl (C=O) groups is 1. The first-order chi connectivity index (χ1) is 14.4. The molecule has 30 heavy (non-hydrogen) atoms. The van der Waals surface area contributed by atoms with E-state index in [0.29, 0.717) is 17.3 Å². The van der Waals surface area contributed by atoms with Crippen molar-refractivity contribution in [2.24, 2.45) is 0 Å². The largest absolute Gasteiger partial charge is 0.347 e. The molecular formula is C21H19N5O3S. The van der Waals surface area contributed by atoms with Crippen LogP contribution >= 0.6 is 0 Å². The Morgan fingerprint density at radius 3 is 2.53 bits per heavy atom. The third kappa shape index (κ3) is 3.07. The maximum Gasteiger partial charge on any atom is 0.330 e. The Kier molecular flexibility index (Phi) is 4.21. The first-order valence-electron chi connectivity index (χ1n) is 9.51. The third-order valence-corrected chi connectivity index (χ3v) is 6.50. The predicted molar refractivity (Wildman–Crippen MR) is 114 cm³/mol. The van der Waals surface area contributed by atoms with Crippen molar-refractivity contribution in [1.29, 1.82) is 0 Å². The number of benzene rings is 1. The average Bonchev–Trinajstić information content (AvgIpc) is 2.93. The van der Waals surface area contributed by atoms with E-state index in [1.165, 1.54) is 6.26 Å². The summed E-state index contributed by atoms with van der Waals surface area (Å²) in [6.45, 7) is 0.870. The molecule has 152 valence electrons. The minimum absolute atomic E-state index is 0.0564. The number of rotatable bonds is 3. The van der Waals surface area contributed by atoms with Gasteiger partial charge in [-0.25, -0.2) is 23.2 Å². The number of anilines is 3. The smallest absolute Gasteiger partial charge is 0.330 e. The number of nitrogens with zero attached hydrogens (tertiary/aromatic N) is 4. The van der Waals surface area contributed by atoms with Crippen molar-refractivity contribution in [2.45, 2.75) is 17.5 Å². The molecule has 0 unspecified atom stereocenters. The molecular weight excluding hydrogens is 402 g/mol. The van der Waals surface area contributed by atoms with E-state index in [1.54, 1.807) is 47.5 Å². The molecule has 1 atom stereocenters. The SMILES string of the molecule is CS(=O)(=O)c1ccc(-c2ccc3c(n2)N(C(=O)Nc2ccccn2)[C@H]2CCN32)cc1. The second-order valence-electron chi connectivity index (χ2n) is 7.31. The number of sulfone groups is 1. The van der Waals surface area contributed by atoms with Gasteiger partial charge in [0.05, 0.1) is 16.3 Å². The van der Waals surface area contributed by atoms with Crippen LogP contribution in [0.4, 0.5) is 22.1 Å². The highest BCUT2D eigenvalue weighted by atomic mass is 32.2. The molecule has 0 saturated carbocycles. The summed E-state index contributed by atoms with van der Waals surface area (Å²) >= 11 is 0. The number of aromatic nitrogens is 2. The van der Waals surface area contributed by atoms with Crippen molar-refractivity contribution < 1.29 is 13.2 Å². The first kappa shape index (κ1) is 18.6. The number of hydrogen-bond acceptors (Lipinski definition) is 6. The van der Waals surface area contributed by atoms with E-state index in [-0.39, 0.29) is 17.1 Å². The maximum atomic E-state index is 13.0. The van der Waals surface area contributed by atoms with Gasteiger partial charge >= 0.3 is 6.03 Å². The van der Waals surface area contributed by atoms with E-state index in [1.807, 2.05) is 18.2 Å². The molecule has 0 radical (unpaired) electrons. The fourth-order valence-electron chi connectivity index (χ4n) is 3.78. The van der Waals surface area contributed by atoms with Crippen molar-refractivity contribution in [2.75, 3.05) is 27.9 Å². The van der Waals surface area contributed by atoms with Crippen molar-refractivity contribution in [3.8, 4) is 11.3 Å². The van der Waals surface area contributed by atoms with Crippen LogP contribution in [0.15, 0.2) is 65.7 Å². The van der Waals surface area contributed by atoms with Gasteiger partial charge in [-0.15, -0.1) is 0 Å². The van der Waals surface area contributed by atoms with Crippen LogP contribution in [0.5, 0.6) is 0 Å². The molecule has 1 N–H and O–H groups in total. The molecule has 3 aromatic rings. The van der Waals surface area contributed by atoms with Crippen LogP contribution in [0.2, 0.25) is 0 Å². The summed E-state index contributed by atoms with van der Waals surface area (Å²) in [5.41, 5.74) is 2.37. The maximum absolute atomic E-state index is 13.0. The summed E-state index contributed by atoms with van der Waals surface area (Å²) in [6, 6.07) is 15.5. The van der Waals surface area contributed by atoms with Crippen LogP contribution in [-0.2, 0) is 9.84 Å². The van der Waals surface area contributed by atoms with Crippen LogP contribution in [0, 0.1) is 0 Å². The fraction of sp³-hybridized carbons (Fsp3) is 0.190. The highest BCUT2D eigenvalue weighted by Crippen LogP contribution is 2.45. The number of pyridine rings is 2. The number of urea groups is 1. The molecule has 4 heterocycles. The third-order valence-electron chi connectivity index (χ3n) is 5.38. The van der Waals surface area contributed by atoms with Gasteiger partial charge in [0.1, 0.15) is 12.0 Å². The summed E-state index contributed by atoms with van der Waals surface area (Å²) in [7, 11) is -3.26. The van der Waals surface area contributed by atoms with Gasteiger partial charge < -0.3 is 4.90 Å². The zero-order valence-electron chi connectivity index (χ0n) is 16.2. The average molecular weight is 421 g/mol. The summed E-state index contributed by atoms with van der Waals surface area (Å²) in [5.74, 6) is 1.07. The molecule has 0 aliphatic carbocycles. The Morgan fingerprint density at radius 1 is 1.10 bits per heavy atom. The Bertz CT molecular complexity index is 1230. The normalized spacial score (nSPS) is 17.2. The van der Waals surface area contributed by atoms with Crippen molar-refractivity contribution >= 4 is 33.2 Å². The first-order valence-corrected chi connectivity index (χ1v) is 11.4. The quantitative estimate of drug-likeness (QED) is 0.698. The van der Waals surface area contributed by atoms with Gasteiger partial charge in [-0.3, -0.25) is 10.2 Å².